The Hall–Kier alpha value is -4.70. The fourth-order valence-electron chi connectivity index (χ4n) is 6.23. The van der Waals surface area contributed by atoms with Gasteiger partial charge in [0.15, 0.2) is 0 Å². The molecule has 5 aromatic rings. The van der Waals surface area contributed by atoms with Gasteiger partial charge in [0.05, 0.1) is 37.2 Å². The highest BCUT2D eigenvalue weighted by Crippen LogP contribution is 2.42. The molecule has 0 saturated carbocycles. The van der Waals surface area contributed by atoms with Crippen LogP contribution in [0.15, 0.2) is 157 Å². The molecule has 0 aliphatic carbocycles. The van der Waals surface area contributed by atoms with Crippen molar-refractivity contribution in [1.29, 1.82) is 0 Å². The lowest BCUT2D eigenvalue weighted by Gasteiger charge is -2.47. The third-order valence-corrected chi connectivity index (χ3v) is 10.5. The Bertz CT molecular complexity index is 1890. The third kappa shape index (κ3) is 7.86. The van der Waals surface area contributed by atoms with Gasteiger partial charge >= 0.3 is 0 Å². The Morgan fingerprint density at radius 3 is 1.64 bits per heavy atom. The molecule has 1 saturated heterocycles. The van der Waals surface area contributed by atoms with E-state index in [0.29, 0.717) is 17.7 Å². The third-order valence-electron chi connectivity index (χ3n) is 8.72. The maximum Gasteiger partial charge on any atom is 0.217 e. The Kier molecular flexibility index (Phi) is 11.0. The molecule has 1 unspecified atom stereocenters. The quantitative estimate of drug-likeness (QED) is 0.119. The van der Waals surface area contributed by atoms with Gasteiger partial charge in [-0.15, -0.1) is 0 Å². The van der Waals surface area contributed by atoms with Crippen molar-refractivity contribution in [3.8, 4) is 0 Å². The highest BCUT2D eigenvalue weighted by molar-refractivity contribution is 7.91. The van der Waals surface area contributed by atoms with E-state index in [1.54, 1.807) is 24.3 Å². The van der Waals surface area contributed by atoms with Crippen molar-refractivity contribution >= 4 is 22.3 Å². The minimum Gasteiger partial charge on any atom is -0.461 e. The Morgan fingerprint density at radius 2 is 1.08 bits per heavy atom. The summed E-state index contributed by atoms with van der Waals surface area (Å²) in [5.41, 5.74) is 3.97. The zero-order valence-corrected chi connectivity index (χ0v) is 28.2. The average molecular weight is 687 g/mol. The van der Waals surface area contributed by atoms with E-state index in [-0.39, 0.29) is 36.3 Å². The zero-order valence-electron chi connectivity index (χ0n) is 27.4. The van der Waals surface area contributed by atoms with Crippen LogP contribution in [0, 0.1) is 0 Å². The molecule has 0 aromatic heterocycles. The summed E-state index contributed by atoms with van der Waals surface area (Å²) in [5.74, 6) is -0.147. The summed E-state index contributed by atoms with van der Waals surface area (Å²) in [7, 11) is -1.93. The predicted molar refractivity (Wildman–Crippen MR) is 192 cm³/mol. The average Bonchev–Trinajstić information content (AvgIpc) is 3.18. The molecule has 0 amide bonds. The molecule has 254 valence electrons. The molecule has 5 aromatic carbocycles. The summed E-state index contributed by atoms with van der Waals surface area (Å²) in [6.07, 6.45) is -3.17. The monoisotopic (exact) mass is 686 g/mol. The zero-order chi connectivity index (χ0) is 34.1. The van der Waals surface area contributed by atoms with Crippen molar-refractivity contribution in [3.05, 3.63) is 184 Å². The highest BCUT2D eigenvalue weighted by Gasteiger charge is 2.55. The number of rotatable bonds is 13. The molecular weight excluding hydrogens is 649 g/mol. The van der Waals surface area contributed by atoms with Gasteiger partial charge in [-0.2, -0.15) is 0 Å². The minimum absolute atomic E-state index is 0.0705. The van der Waals surface area contributed by atoms with Gasteiger partial charge in [-0.1, -0.05) is 152 Å². The number of Topliss-reactive ketones (excluding diaryl/α,β-unsaturated/α-hetero) is 1. The van der Waals surface area contributed by atoms with Crippen LogP contribution in [0.1, 0.15) is 32.6 Å². The number of ether oxygens (including phenoxy) is 5. The molecule has 7 nitrogen and oxygen atoms in total. The van der Waals surface area contributed by atoms with Crippen molar-refractivity contribution in [3.63, 3.8) is 0 Å². The van der Waals surface area contributed by atoms with Crippen LogP contribution >= 0.6 is 0 Å². The normalized spacial score (nSPS) is 23.1. The lowest BCUT2D eigenvalue weighted by atomic mass is 9.99. The molecule has 50 heavy (non-hydrogen) atoms. The first-order valence-electron chi connectivity index (χ1n) is 16.7. The summed E-state index contributed by atoms with van der Waals surface area (Å²) in [5, 5.41) is -0.889. The first-order valence-corrected chi connectivity index (χ1v) is 17.9. The van der Waals surface area contributed by atoms with Gasteiger partial charge in [-0.05, 0) is 16.7 Å². The fraction of sp³-hybridized carbons (Fsp3) is 0.214. The molecule has 2 heterocycles. The molecule has 8 heteroatoms. The van der Waals surface area contributed by atoms with Gasteiger partial charge in [0.25, 0.3) is 0 Å². The van der Waals surface area contributed by atoms with Crippen LogP contribution in [0.5, 0.6) is 0 Å². The number of ketones is 1. The number of hydrogen-bond acceptors (Lipinski definition) is 7. The van der Waals surface area contributed by atoms with Crippen LogP contribution in [0.25, 0.3) is 5.76 Å². The minimum atomic E-state index is -1.93. The van der Waals surface area contributed by atoms with E-state index in [1.807, 2.05) is 127 Å². The molecule has 1 fully saturated rings. The molecule has 2 aliphatic heterocycles. The highest BCUT2D eigenvalue weighted by atomic mass is 32.2. The van der Waals surface area contributed by atoms with Crippen molar-refractivity contribution < 1.29 is 32.7 Å². The van der Waals surface area contributed by atoms with E-state index in [9.17, 15) is 4.79 Å². The van der Waals surface area contributed by atoms with Gasteiger partial charge in [-0.3, -0.25) is 9.00 Å². The largest absolute Gasteiger partial charge is 0.461 e. The molecule has 6 atom stereocenters. The summed E-state index contributed by atoms with van der Waals surface area (Å²) >= 11 is 0. The van der Waals surface area contributed by atoms with E-state index in [1.165, 1.54) is 0 Å². The van der Waals surface area contributed by atoms with E-state index in [2.05, 4.69) is 0 Å². The van der Waals surface area contributed by atoms with E-state index >= 15 is 4.21 Å². The molecule has 2 aliphatic rings. The summed E-state index contributed by atoms with van der Waals surface area (Å²) < 4.78 is 47.9. The predicted octanol–water partition coefficient (Wildman–Crippen LogP) is 7.50. The molecule has 0 bridgehead atoms. The summed E-state index contributed by atoms with van der Waals surface area (Å²) in [6.45, 7) is 1.03. The van der Waals surface area contributed by atoms with Crippen LogP contribution in [-0.4, -0.2) is 46.5 Å². The number of carbonyl (C=O) groups is 1. The second-order valence-electron chi connectivity index (χ2n) is 12.2. The van der Waals surface area contributed by atoms with Crippen LogP contribution in [-0.2, 0) is 54.3 Å². The second-order valence-corrected chi connectivity index (χ2v) is 13.7. The number of allylic oxidation sites excluding steroid dienone is 1. The Labute approximate surface area is 294 Å². The van der Waals surface area contributed by atoms with Gasteiger partial charge < -0.3 is 23.7 Å². The number of hydrogen-bond donors (Lipinski definition) is 0. The van der Waals surface area contributed by atoms with E-state index in [4.69, 9.17) is 23.7 Å². The van der Waals surface area contributed by atoms with Gasteiger partial charge in [0, 0.05) is 11.1 Å². The van der Waals surface area contributed by atoms with Crippen molar-refractivity contribution in [2.75, 3.05) is 6.61 Å². The topological polar surface area (TPSA) is 80.3 Å². The Morgan fingerprint density at radius 1 is 0.600 bits per heavy atom. The molecular formula is C42H38O7S. The van der Waals surface area contributed by atoms with Gasteiger partial charge in [0.1, 0.15) is 34.2 Å². The van der Waals surface area contributed by atoms with Crippen molar-refractivity contribution in [1.82, 2.24) is 0 Å². The standard InChI is InChI=1S/C42H38O7S/c43-36(33-22-12-4-13-23-33)40-37(34-24-14-5-15-25-34)49-42-41(50(40)44)39(47-28-32-20-10-3-11-21-32)38(46-27-31-18-8-2-9-19-31)35(48-42)29-45-26-30-16-6-1-7-17-30/h1-25,35,38-39,41-42H,26-29H2/t35-,38-,39+,41-,42-,50?/m1/s1. The maximum absolute atomic E-state index is 15.0. The lowest BCUT2D eigenvalue weighted by Crippen LogP contribution is -2.63. The van der Waals surface area contributed by atoms with Gasteiger partial charge in [-0.25, -0.2) is 0 Å². The van der Waals surface area contributed by atoms with Crippen molar-refractivity contribution in [2.24, 2.45) is 0 Å². The smallest absolute Gasteiger partial charge is 0.217 e. The lowest BCUT2D eigenvalue weighted by molar-refractivity contribution is -0.260. The number of carbonyl (C=O) groups excluding carboxylic acids is 1. The first-order chi connectivity index (χ1) is 24.7. The van der Waals surface area contributed by atoms with Crippen LogP contribution in [0.3, 0.4) is 0 Å². The summed E-state index contributed by atoms with van der Waals surface area (Å²) in [6, 6.07) is 47.6. The summed E-state index contributed by atoms with van der Waals surface area (Å²) in [4.78, 5) is 14.3. The first kappa shape index (κ1) is 33.8. The second kappa shape index (κ2) is 16.3. The fourth-order valence-corrected chi connectivity index (χ4v) is 7.95. The van der Waals surface area contributed by atoms with Crippen molar-refractivity contribution in [2.45, 2.75) is 49.7 Å². The molecule has 0 radical (unpaired) electrons. The number of fused-ring (bicyclic) bond motifs is 1. The van der Waals surface area contributed by atoms with Crippen LogP contribution in [0.4, 0.5) is 0 Å². The van der Waals surface area contributed by atoms with Crippen LogP contribution < -0.4 is 0 Å². The SMILES string of the molecule is O=C(C1=C(c2ccccc2)O[C@H]2O[C@H](COCc3ccccc3)[C@@H](OCc3ccccc3)[C@H](OCc3ccccc3)[C@H]2S1=O)c1ccccc1. The molecule has 0 spiro atoms. The Balaban J connectivity index is 1.28. The van der Waals surface area contributed by atoms with Crippen LogP contribution in [0.2, 0.25) is 0 Å². The maximum atomic E-state index is 15.0. The van der Waals surface area contributed by atoms with Gasteiger partial charge in [0.2, 0.25) is 12.1 Å². The van der Waals surface area contributed by atoms with E-state index in [0.717, 1.165) is 16.7 Å². The number of benzene rings is 5. The molecule has 7 rings (SSSR count). The van der Waals surface area contributed by atoms with E-state index < -0.39 is 40.7 Å². The molecule has 0 N–H and O–H groups in total.